The van der Waals surface area contributed by atoms with Gasteiger partial charge in [0, 0.05) is 18.1 Å². The highest BCUT2D eigenvalue weighted by Crippen LogP contribution is 2.40. The van der Waals surface area contributed by atoms with E-state index >= 15 is 0 Å². The number of fused-ring (bicyclic) bond motifs is 2. The number of benzene rings is 2. The number of carbonyl (C=O) groups excluding carboxylic acids is 1. The van der Waals surface area contributed by atoms with Crippen LogP contribution in [0, 0.1) is 32.4 Å². The molecule has 0 bridgehead atoms. The monoisotopic (exact) mass is 505 g/mol. The predicted octanol–water partition coefficient (Wildman–Crippen LogP) is 6.15. The van der Waals surface area contributed by atoms with E-state index in [2.05, 4.69) is 10.4 Å². The molecule has 0 aliphatic carbocycles. The van der Waals surface area contributed by atoms with Crippen LogP contribution in [0.15, 0.2) is 48.5 Å². The summed E-state index contributed by atoms with van der Waals surface area (Å²) in [6.07, 6.45) is 0.606. The van der Waals surface area contributed by atoms with Crippen molar-refractivity contribution in [3.63, 3.8) is 0 Å². The van der Waals surface area contributed by atoms with Gasteiger partial charge in [0.2, 0.25) is 5.88 Å². The van der Waals surface area contributed by atoms with Crippen molar-refractivity contribution in [1.82, 2.24) is 14.9 Å². The Morgan fingerprint density at radius 3 is 2.57 bits per heavy atom. The van der Waals surface area contributed by atoms with Gasteiger partial charge in [-0.3, -0.25) is 4.79 Å². The van der Waals surface area contributed by atoms with Crippen LogP contribution in [0.4, 0.5) is 8.78 Å². The quantitative estimate of drug-likeness (QED) is 0.353. The second kappa shape index (κ2) is 9.18. The van der Waals surface area contributed by atoms with E-state index < -0.39 is 17.2 Å². The lowest BCUT2D eigenvalue weighted by Crippen LogP contribution is -2.41. The number of carbonyl (C=O) groups is 1. The van der Waals surface area contributed by atoms with Gasteiger partial charge < -0.3 is 14.8 Å². The molecule has 3 heterocycles. The Morgan fingerprint density at radius 1 is 1.11 bits per heavy atom. The minimum Gasteiger partial charge on any atom is -0.487 e. The van der Waals surface area contributed by atoms with Crippen molar-refractivity contribution in [3.8, 4) is 11.6 Å². The maximum Gasteiger partial charge on any atom is 0.255 e. The predicted molar refractivity (Wildman–Crippen MR) is 136 cm³/mol. The molecule has 1 atom stereocenters. The van der Waals surface area contributed by atoms with Crippen LogP contribution in [0.25, 0.3) is 5.52 Å². The van der Waals surface area contributed by atoms with Gasteiger partial charge >= 0.3 is 0 Å². The fourth-order valence-electron chi connectivity index (χ4n) is 4.88. The molecule has 0 saturated heterocycles. The van der Waals surface area contributed by atoms with Crippen LogP contribution < -0.4 is 14.8 Å². The lowest BCUT2D eigenvalue weighted by molar-refractivity contribution is 0.0619. The molecule has 37 heavy (non-hydrogen) atoms. The number of ether oxygens (including phenoxy) is 2. The fraction of sp³-hybridized carbons (Fsp3) is 0.310. The number of nitrogens with one attached hydrogen (secondary N) is 1. The summed E-state index contributed by atoms with van der Waals surface area (Å²) < 4.78 is 41.7. The summed E-state index contributed by atoms with van der Waals surface area (Å²) in [6, 6.07) is 13.0. The first kappa shape index (κ1) is 24.7. The molecule has 0 radical (unpaired) electrons. The largest absolute Gasteiger partial charge is 0.487 e. The smallest absolute Gasteiger partial charge is 0.255 e. The van der Waals surface area contributed by atoms with E-state index in [9.17, 15) is 13.6 Å². The Hall–Kier alpha value is -3.94. The first-order valence-electron chi connectivity index (χ1n) is 12.2. The van der Waals surface area contributed by atoms with Crippen LogP contribution in [0.2, 0.25) is 0 Å². The van der Waals surface area contributed by atoms with Gasteiger partial charge in [-0.05, 0) is 70.0 Å². The summed E-state index contributed by atoms with van der Waals surface area (Å²) in [5.41, 5.74) is 3.69. The zero-order valence-electron chi connectivity index (χ0n) is 21.5. The Balaban J connectivity index is 1.47. The minimum atomic E-state index is -0.685. The number of aromatic nitrogens is 2. The average molecular weight is 506 g/mol. The van der Waals surface area contributed by atoms with E-state index in [0.29, 0.717) is 23.2 Å². The summed E-state index contributed by atoms with van der Waals surface area (Å²) in [6.45, 7) is 9.31. The maximum absolute atomic E-state index is 14.1. The van der Waals surface area contributed by atoms with Crippen molar-refractivity contribution >= 4 is 11.4 Å². The van der Waals surface area contributed by atoms with Crippen molar-refractivity contribution < 1.29 is 23.0 Å². The van der Waals surface area contributed by atoms with E-state index in [4.69, 9.17) is 9.47 Å². The molecule has 0 saturated carbocycles. The minimum absolute atomic E-state index is 0.171. The molecular formula is C29H29F2N3O3. The number of halogens is 2. The van der Waals surface area contributed by atoms with Crippen LogP contribution >= 0.6 is 0 Å². The Bertz CT molecular complexity index is 1510. The summed E-state index contributed by atoms with van der Waals surface area (Å²) >= 11 is 0. The fourth-order valence-corrected chi connectivity index (χ4v) is 4.88. The molecule has 6 nitrogen and oxygen atoms in total. The van der Waals surface area contributed by atoms with Crippen molar-refractivity contribution in [2.24, 2.45) is 0 Å². The second-order valence-electron chi connectivity index (χ2n) is 10.3. The summed E-state index contributed by atoms with van der Waals surface area (Å²) in [5, 5.41) is 7.71. The first-order valence-corrected chi connectivity index (χ1v) is 12.2. The standard InChI is InChI=1S/C29H29F2N3O3/c1-16-9-10-19-23(14-29(4,5)37-25(19)12-16)32-28(35)27-18(3)33-34-24(27)11-17(2)13-26(34)36-15-20-21(30)7-6-8-22(20)31/h6-13,23H,14-15H2,1-5H3,(H,32,35). The molecular weight excluding hydrogens is 476 g/mol. The molecule has 1 aliphatic heterocycles. The van der Waals surface area contributed by atoms with E-state index in [1.165, 1.54) is 22.7 Å². The average Bonchev–Trinajstić information content (AvgIpc) is 3.13. The molecule has 2 aromatic heterocycles. The highest BCUT2D eigenvalue weighted by molar-refractivity contribution is 6.02. The third-order valence-corrected chi connectivity index (χ3v) is 6.61. The summed E-state index contributed by atoms with van der Waals surface area (Å²) in [7, 11) is 0. The first-order chi connectivity index (χ1) is 17.5. The van der Waals surface area contributed by atoms with Crippen LogP contribution in [-0.2, 0) is 6.61 Å². The number of rotatable bonds is 5. The summed E-state index contributed by atoms with van der Waals surface area (Å²) in [4.78, 5) is 13.6. The molecule has 4 aromatic rings. The Kier molecular flexibility index (Phi) is 6.14. The number of hydrogen-bond acceptors (Lipinski definition) is 4. The van der Waals surface area contributed by atoms with E-state index in [-0.39, 0.29) is 30.0 Å². The number of hydrogen-bond donors (Lipinski definition) is 1. The van der Waals surface area contributed by atoms with E-state index in [1.807, 2.05) is 52.0 Å². The molecule has 5 rings (SSSR count). The molecule has 1 aliphatic rings. The molecule has 1 N–H and O–H groups in total. The van der Waals surface area contributed by atoms with Crippen molar-refractivity contribution in [2.75, 3.05) is 0 Å². The molecule has 8 heteroatoms. The van der Waals surface area contributed by atoms with E-state index in [1.54, 1.807) is 13.0 Å². The Morgan fingerprint density at radius 2 is 1.84 bits per heavy atom. The van der Waals surface area contributed by atoms with Gasteiger partial charge in [-0.25, -0.2) is 8.78 Å². The van der Waals surface area contributed by atoms with E-state index in [0.717, 1.165) is 22.4 Å². The zero-order valence-corrected chi connectivity index (χ0v) is 21.5. The van der Waals surface area contributed by atoms with Crippen LogP contribution in [0.3, 0.4) is 0 Å². The second-order valence-corrected chi connectivity index (χ2v) is 10.3. The normalized spacial score (nSPS) is 16.2. The molecule has 2 aromatic carbocycles. The number of aryl methyl sites for hydroxylation is 3. The highest BCUT2D eigenvalue weighted by Gasteiger charge is 2.35. The SMILES string of the molecule is Cc1ccc2c(c1)OC(C)(C)CC2NC(=O)c1c(C)nn2c(OCc3c(F)cccc3F)cc(C)cc12. The molecule has 192 valence electrons. The number of pyridine rings is 1. The van der Waals surface area contributed by atoms with Gasteiger partial charge in [-0.15, -0.1) is 0 Å². The molecule has 1 unspecified atom stereocenters. The van der Waals surface area contributed by atoms with Crippen LogP contribution in [-0.4, -0.2) is 21.1 Å². The van der Waals surface area contributed by atoms with Gasteiger partial charge in [0.15, 0.2) is 0 Å². The van der Waals surface area contributed by atoms with Gasteiger partial charge in [0.1, 0.15) is 29.6 Å². The van der Waals surface area contributed by atoms with Gasteiger partial charge in [-0.1, -0.05) is 18.2 Å². The lowest BCUT2D eigenvalue weighted by atomic mass is 9.89. The Labute approximate surface area is 214 Å². The van der Waals surface area contributed by atoms with Crippen molar-refractivity contribution in [2.45, 2.75) is 59.3 Å². The highest BCUT2D eigenvalue weighted by atomic mass is 19.1. The zero-order chi connectivity index (χ0) is 26.5. The molecule has 0 fully saturated rings. The third kappa shape index (κ3) is 4.75. The van der Waals surface area contributed by atoms with Crippen molar-refractivity contribution in [3.05, 3.63) is 93.7 Å². The van der Waals surface area contributed by atoms with Crippen LogP contribution in [0.1, 0.15) is 64.6 Å². The topological polar surface area (TPSA) is 64.9 Å². The third-order valence-electron chi connectivity index (χ3n) is 6.61. The summed E-state index contributed by atoms with van der Waals surface area (Å²) in [5.74, 6) is -0.581. The van der Waals surface area contributed by atoms with Crippen molar-refractivity contribution in [1.29, 1.82) is 0 Å². The molecule has 1 amide bonds. The van der Waals surface area contributed by atoms with Crippen LogP contribution in [0.5, 0.6) is 11.6 Å². The van der Waals surface area contributed by atoms with Gasteiger partial charge in [0.25, 0.3) is 5.91 Å². The van der Waals surface area contributed by atoms with Gasteiger partial charge in [0.05, 0.1) is 28.4 Å². The number of amides is 1. The molecule has 0 spiro atoms. The lowest BCUT2D eigenvalue weighted by Gasteiger charge is -2.38. The van der Waals surface area contributed by atoms with Gasteiger partial charge in [-0.2, -0.15) is 9.61 Å². The number of nitrogens with zero attached hydrogens (tertiary/aromatic N) is 2. The maximum atomic E-state index is 14.1.